The minimum Gasteiger partial charge on any atom is -0.493 e. The third kappa shape index (κ3) is 5.08. The summed E-state index contributed by atoms with van der Waals surface area (Å²) < 4.78 is 10.6. The summed E-state index contributed by atoms with van der Waals surface area (Å²) in [7, 11) is 1.38. The van der Waals surface area contributed by atoms with Gasteiger partial charge in [0.1, 0.15) is 5.56 Å². The van der Waals surface area contributed by atoms with Crippen LogP contribution in [0.4, 0.5) is 5.69 Å². The van der Waals surface area contributed by atoms with Crippen LogP contribution in [0.25, 0.3) is 0 Å². The van der Waals surface area contributed by atoms with Crippen molar-refractivity contribution >= 4 is 17.6 Å². The van der Waals surface area contributed by atoms with Crippen LogP contribution in [0.15, 0.2) is 12.1 Å². The zero-order valence-corrected chi connectivity index (χ0v) is 15.5. The van der Waals surface area contributed by atoms with Crippen LogP contribution < -0.4 is 9.47 Å². The van der Waals surface area contributed by atoms with E-state index in [9.17, 15) is 19.7 Å². The highest BCUT2D eigenvalue weighted by molar-refractivity contribution is 5.99. The second kappa shape index (κ2) is 9.20. The Morgan fingerprint density at radius 2 is 2.11 bits per heavy atom. The Balaban J connectivity index is 2.29. The fourth-order valence-corrected chi connectivity index (χ4v) is 3.28. The van der Waals surface area contributed by atoms with E-state index in [0.717, 1.165) is 12.8 Å². The number of benzene rings is 1. The number of carbonyl (C=O) groups excluding carboxylic acids is 1. The molecular weight excluding hydrogens is 356 g/mol. The SMILES string of the molecule is CCOc1cc(C(=O)N2CCCC(CCC(=O)O)C2)c([N+](=O)[O-])cc1OC. The lowest BCUT2D eigenvalue weighted by molar-refractivity contribution is -0.385. The van der Waals surface area contributed by atoms with E-state index in [0.29, 0.717) is 26.1 Å². The first-order chi connectivity index (χ1) is 12.9. The molecule has 1 aromatic carbocycles. The summed E-state index contributed by atoms with van der Waals surface area (Å²) in [5, 5.41) is 20.3. The molecule has 148 valence electrons. The molecule has 0 saturated carbocycles. The Morgan fingerprint density at radius 1 is 1.37 bits per heavy atom. The minimum atomic E-state index is -0.870. The lowest BCUT2D eigenvalue weighted by atomic mass is 9.93. The molecule has 0 radical (unpaired) electrons. The number of rotatable bonds is 8. The van der Waals surface area contributed by atoms with Crippen molar-refractivity contribution in [3.05, 3.63) is 27.8 Å². The van der Waals surface area contributed by atoms with Crippen molar-refractivity contribution in [2.75, 3.05) is 26.8 Å². The minimum absolute atomic E-state index is 0.0455. The molecule has 1 amide bonds. The topological polar surface area (TPSA) is 119 Å². The van der Waals surface area contributed by atoms with E-state index in [1.807, 2.05) is 0 Å². The van der Waals surface area contributed by atoms with Gasteiger partial charge in [0.2, 0.25) is 0 Å². The number of piperidine rings is 1. The summed E-state index contributed by atoms with van der Waals surface area (Å²) in [6, 6.07) is 2.55. The quantitative estimate of drug-likeness (QED) is 0.544. The highest BCUT2D eigenvalue weighted by Gasteiger charge is 2.31. The molecule has 1 atom stereocenters. The molecule has 1 unspecified atom stereocenters. The highest BCUT2D eigenvalue weighted by atomic mass is 16.6. The van der Waals surface area contributed by atoms with Crippen LogP contribution in [0.1, 0.15) is 43.0 Å². The first-order valence-electron chi connectivity index (χ1n) is 8.87. The van der Waals surface area contributed by atoms with Gasteiger partial charge in [-0.3, -0.25) is 19.7 Å². The van der Waals surface area contributed by atoms with Gasteiger partial charge in [-0.2, -0.15) is 0 Å². The van der Waals surface area contributed by atoms with Gasteiger partial charge in [0.05, 0.1) is 24.7 Å². The summed E-state index contributed by atoms with van der Waals surface area (Å²) >= 11 is 0. The van der Waals surface area contributed by atoms with Gasteiger partial charge in [-0.05, 0) is 32.1 Å². The van der Waals surface area contributed by atoms with E-state index >= 15 is 0 Å². The third-order valence-electron chi connectivity index (χ3n) is 4.58. The molecule has 0 spiro atoms. The molecule has 0 aromatic heterocycles. The van der Waals surface area contributed by atoms with E-state index < -0.39 is 16.8 Å². The molecule has 1 aliphatic rings. The summed E-state index contributed by atoms with van der Waals surface area (Å²) in [5.74, 6) is -0.787. The van der Waals surface area contributed by atoms with E-state index in [2.05, 4.69) is 0 Å². The van der Waals surface area contributed by atoms with Gasteiger partial charge in [-0.15, -0.1) is 0 Å². The molecule has 9 heteroatoms. The van der Waals surface area contributed by atoms with E-state index in [4.69, 9.17) is 14.6 Å². The van der Waals surface area contributed by atoms with Gasteiger partial charge in [0, 0.05) is 25.6 Å². The largest absolute Gasteiger partial charge is 0.493 e. The number of methoxy groups -OCH3 is 1. The van der Waals surface area contributed by atoms with Gasteiger partial charge >= 0.3 is 5.97 Å². The van der Waals surface area contributed by atoms with Crippen molar-refractivity contribution in [1.82, 2.24) is 4.90 Å². The summed E-state index contributed by atoms with van der Waals surface area (Å²) in [6.45, 7) is 2.96. The average molecular weight is 380 g/mol. The molecule has 27 heavy (non-hydrogen) atoms. The Labute approximate surface area is 157 Å². The number of ether oxygens (including phenoxy) is 2. The van der Waals surface area contributed by atoms with Crippen LogP contribution in [0.5, 0.6) is 11.5 Å². The number of aliphatic carboxylic acids is 1. The Morgan fingerprint density at radius 3 is 2.70 bits per heavy atom. The molecule has 1 saturated heterocycles. The molecule has 1 fully saturated rings. The van der Waals surface area contributed by atoms with Gasteiger partial charge in [-0.1, -0.05) is 0 Å². The van der Waals surface area contributed by atoms with Crippen molar-refractivity contribution < 1.29 is 29.1 Å². The first-order valence-corrected chi connectivity index (χ1v) is 8.87. The maximum Gasteiger partial charge on any atom is 0.303 e. The standard InChI is InChI=1S/C18H24N2O7/c1-3-27-16-9-13(14(20(24)25)10-15(16)26-2)18(23)19-8-4-5-12(11-19)6-7-17(21)22/h9-10,12H,3-8,11H2,1-2H3,(H,21,22). The maximum absolute atomic E-state index is 13.0. The van der Waals surface area contributed by atoms with Crippen LogP contribution in [-0.4, -0.2) is 53.6 Å². The molecule has 1 heterocycles. The summed E-state index contributed by atoms with van der Waals surface area (Å²) in [4.78, 5) is 36.2. The maximum atomic E-state index is 13.0. The molecule has 2 rings (SSSR count). The highest BCUT2D eigenvalue weighted by Crippen LogP contribution is 2.36. The number of carbonyl (C=O) groups is 2. The van der Waals surface area contributed by atoms with Gasteiger partial charge in [0.25, 0.3) is 11.6 Å². The van der Waals surface area contributed by atoms with Gasteiger partial charge < -0.3 is 19.5 Å². The van der Waals surface area contributed by atoms with Gasteiger partial charge in [0.15, 0.2) is 11.5 Å². The lowest BCUT2D eigenvalue weighted by Gasteiger charge is -2.32. The molecular formula is C18H24N2O7. The Kier molecular flexibility index (Phi) is 6.98. The van der Waals surface area contributed by atoms with Crippen LogP contribution in [-0.2, 0) is 4.79 Å². The second-order valence-electron chi connectivity index (χ2n) is 6.40. The number of nitro benzene ring substituents is 1. The van der Waals surface area contributed by atoms with Crippen LogP contribution in [0, 0.1) is 16.0 Å². The fraction of sp³-hybridized carbons (Fsp3) is 0.556. The molecule has 1 aromatic rings. The zero-order valence-electron chi connectivity index (χ0n) is 15.5. The van der Waals surface area contributed by atoms with Crippen LogP contribution in [0.3, 0.4) is 0 Å². The smallest absolute Gasteiger partial charge is 0.303 e. The molecule has 9 nitrogen and oxygen atoms in total. The Bertz CT molecular complexity index is 720. The predicted molar refractivity (Wildman–Crippen MR) is 96.3 cm³/mol. The van der Waals surface area contributed by atoms with E-state index in [1.165, 1.54) is 19.2 Å². The van der Waals surface area contributed by atoms with Crippen LogP contribution >= 0.6 is 0 Å². The lowest BCUT2D eigenvalue weighted by Crippen LogP contribution is -2.40. The van der Waals surface area contributed by atoms with Crippen molar-refractivity contribution in [2.24, 2.45) is 5.92 Å². The molecule has 0 bridgehead atoms. The molecule has 0 aliphatic carbocycles. The third-order valence-corrected chi connectivity index (χ3v) is 4.58. The first kappa shape index (κ1) is 20.5. The monoisotopic (exact) mass is 380 g/mol. The number of carboxylic acids is 1. The average Bonchev–Trinajstić information content (AvgIpc) is 2.65. The second-order valence-corrected chi connectivity index (χ2v) is 6.40. The zero-order chi connectivity index (χ0) is 20.0. The van der Waals surface area contributed by atoms with Crippen LogP contribution in [0.2, 0.25) is 0 Å². The van der Waals surface area contributed by atoms with E-state index in [-0.39, 0.29) is 35.1 Å². The number of carboxylic acid groups (broad SMARTS) is 1. The number of nitro groups is 1. The summed E-state index contributed by atoms with van der Waals surface area (Å²) in [6.07, 6.45) is 2.10. The number of hydrogen-bond acceptors (Lipinski definition) is 6. The fourth-order valence-electron chi connectivity index (χ4n) is 3.28. The Hall–Kier alpha value is -2.84. The van der Waals surface area contributed by atoms with Gasteiger partial charge in [-0.25, -0.2) is 0 Å². The number of hydrogen-bond donors (Lipinski definition) is 1. The van der Waals surface area contributed by atoms with Crippen molar-refractivity contribution in [2.45, 2.75) is 32.6 Å². The molecule has 1 N–H and O–H groups in total. The normalized spacial score (nSPS) is 16.7. The molecule has 1 aliphatic heterocycles. The van der Waals surface area contributed by atoms with Crippen molar-refractivity contribution in [1.29, 1.82) is 0 Å². The number of amides is 1. The van der Waals surface area contributed by atoms with Crippen molar-refractivity contribution in [3.63, 3.8) is 0 Å². The van der Waals surface area contributed by atoms with Crippen molar-refractivity contribution in [3.8, 4) is 11.5 Å². The summed E-state index contributed by atoms with van der Waals surface area (Å²) in [5.41, 5.74) is -0.393. The number of nitrogens with zero attached hydrogens (tertiary/aromatic N) is 2. The predicted octanol–water partition coefficient (Wildman–Crippen LogP) is 2.72. The van der Waals surface area contributed by atoms with E-state index in [1.54, 1.807) is 11.8 Å². The number of likely N-dealkylation sites (tertiary alicyclic amines) is 1.